The van der Waals surface area contributed by atoms with Crippen molar-refractivity contribution >= 4 is 11.6 Å². The summed E-state index contributed by atoms with van der Waals surface area (Å²) in [7, 11) is 1.74. The van der Waals surface area contributed by atoms with Crippen molar-refractivity contribution in [2.24, 2.45) is 0 Å². The molecule has 0 aliphatic heterocycles. The van der Waals surface area contributed by atoms with Gasteiger partial charge in [0.2, 0.25) is 0 Å². The third-order valence-corrected chi connectivity index (χ3v) is 2.53. The van der Waals surface area contributed by atoms with Crippen LogP contribution in [-0.2, 0) is 6.42 Å². The van der Waals surface area contributed by atoms with Gasteiger partial charge >= 0.3 is 0 Å². The average Bonchev–Trinajstić information content (AvgIpc) is 2.57. The zero-order valence-electron chi connectivity index (χ0n) is 9.66. The molecule has 0 atom stereocenters. The lowest BCUT2D eigenvalue weighted by Crippen LogP contribution is -2.33. The molecule has 5 nitrogen and oxygen atoms in total. The molecule has 1 heterocycles. The van der Waals surface area contributed by atoms with E-state index < -0.39 is 0 Å². The third-order valence-electron chi connectivity index (χ3n) is 2.53. The molecule has 1 amide bonds. The number of hydrogen-bond donors (Lipinski definition) is 2. The van der Waals surface area contributed by atoms with E-state index in [0.717, 1.165) is 12.1 Å². The van der Waals surface area contributed by atoms with Crippen LogP contribution >= 0.6 is 0 Å². The molecule has 15 heavy (non-hydrogen) atoms. The summed E-state index contributed by atoms with van der Waals surface area (Å²) in [6.45, 7) is 5.85. The molecule has 0 bridgehead atoms. The minimum absolute atomic E-state index is 0.138. The van der Waals surface area contributed by atoms with E-state index in [1.54, 1.807) is 11.9 Å². The lowest BCUT2D eigenvalue weighted by atomic mass is 10.2. The fourth-order valence-corrected chi connectivity index (χ4v) is 1.22. The van der Waals surface area contributed by atoms with Crippen LogP contribution in [0.25, 0.3) is 0 Å². The average molecular weight is 210 g/mol. The highest BCUT2D eigenvalue weighted by atomic mass is 16.2. The number of aromatic amines is 1. The number of rotatable bonds is 3. The van der Waals surface area contributed by atoms with Gasteiger partial charge in [0.25, 0.3) is 5.91 Å². The van der Waals surface area contributed by atoms with Crippen molar-refractivity contribution in [1.29, 1.82) is 0 Å². The van der Waals surface area contributed by atoms with Crippen molar-refractivity contribution in [2.45, 2.75) is 33.2 Å². The maximum absolute atomic E-state index is 11.9. The summed E-state index contributed by atoms with van der Waals surface area (Å²) in [5.74, 6) is -0.140. The molecular formula is C10H18N4O. The van der Waals surface area contributed by atoms with E-state index in [0.29, 0.717) is 11.4 Å². The van der Waals surface area contributed by atoms with E-state index in [4.69, 9.17) is 5.73 Å². The smallest absolute Gasteiger partial charge is 0.276 e. The van der Waals surface area contributed by atoms with Gasteiger partial charge in [-0.1, -0.05) is 6.92 Å². The summed E-state index contributed by atoms with van der Waals surface area (Å²) in [5.41, 5.74) is 7.42. The minimum atomic E-state index is -0.140. The Morgan fingerprint density at radius 2 is 2.20 bits per heavy atom. The highest BCUT2D eigenvalue weighted by molar-refractivity contribution is 5.97. The molecule has 0 aliphatic carbocycles. The first-order valence-corrected chi connectivity index (χ1v) is 5.08. The van der Waals surface area contributed by atoms with Crippen LogP contribution in [0.5, 0.6) is 0 Å². The van der Waals surface area contributed by atoms with E-state index in [9.17, 15) is 4.79 Å². The molecule has 84 valence electrons. The lowest BCUT2D eigenvalue weighted by molar-refractivity contribution is 0.0750. The Labute approximate surface area is 89.6 Å². The number of hydrogen-bond acceptors (Lipinski definition) is 3. The lowest BCUT2D eigenvalue weighted by Gasteiger charge is -2.20. The number of anilines is 1. The summed E-state index contributed by atoms with van der Waals surface area (Å²) < 4.78 is 0. The van der Waals surface area contributed by atoms with Gasteiger partial charge in [-0.3, -0.25) is 9.89 Å². The maximum atomic E-state index is 11.9. The molecule has 0 aliphatic rings. The number of nitrogens with zero attached hydrogens (tertiary/aromatic N) is 2. The molecule has 1 aromatic heterocycles. The van der Waals surface area contributed by atoms with Gasteiger partial charge in [-0.2, -0.15) is 5.10 Å². The molecule has 0 saturated heterocycles. The van der Waals surface area contributed by atoms with Crippen molar-refractivity contribution in [3.8, 4) is 0 Å². The van der Waals surface area contributed by atoms with Crippen LogP contribution in [0, 0.1) is 0 Å². The molecule has 1 rings (SSSR count). The van der Waals surface area contributed by atoms with Crippen LogP contribution in [0.15, 0.2) is 0 Å². The van der Waals surface area contributed by atoms with Gasteiger partial charge in [0.05, 0.1) is 11.4 Å². The van der Waals surface area contributed by atoms with Crippen molar-refractivity contribution < 1.29 is 4.79 Å². The van der Waals surface area contributed by atoms with Crippen LogP contribution in [0.3, 0.4) is 0 Å². The molecule has 3 N–H and O–H groups in total. The predicted octanol–water partition coefficient (Wildman–Crippen LogP) is 1.03. The van der Waals surface area contributed by atoms with E-state index >= 15 is 0 Å². The number of aromatic nitrogens is 2. The van der Waals surface area contributed by atoms with Gasteiger partial charge < -0.3 is 10.6 Å². The normalized spacial score (nSPS) is 10.7. The Morgan fingerprint density at radius 1 is 1.60 bits per heavy atom. The zero-order valence-corrected chi connectivity index (χ0v) is 9.66. The Morgan fingerprint density at radius 3 is 2.60 bits per heavy atom. The molecule has 0 fully saturated rings. The molecule has 5 heteroatoms. The number of nitrogen functional groups attached to an aromatic ring is 1. The first-order valence-electron chi connectivity index (χ1n) is 5.08. The molecule has 0 aromatic carbocycles. The second-order valence-electron chi connectivity index (χ2n) is 3.83. The SMILES string of the molecule is CCc1[nH]nc(C(=O)N(C)C(C)C)c1N. The van der Waals surface area contributed by atoms with Crippen LogP contribution < -0.4 is 5.73 Å². The minimum Gasteiger partial charge on any atom is -0.395 e. The summed E-state index contributed by atoms with van der Waals surface area (Å²) in [5, 5.41) is 6.72. The molecule has 1 aromatic rings. The Bertz CT molecular complexity index is 356. The number of carbonyl (C=O) groups is 1. The summed E-state index contributed by atoms with van der Waals surface area (Å²) in [6, 6.07) is 0.138. The van der Waals surface area contributed by atoms with Gasteiger partial charge in [-0.15, -0.1) is 0 Å². The number of H-pyrrole nitrogens is 1. The quantitative estimate of drug-likeness (QED) is 0.782. The molecule has 0 saturated carbocycles. The van der Waals surface area contributed by atoms with Crippen LogP contribution in [0.4, 0.5) is 5.69 Å². The van der Waals surface area contributed by atoms with Crippen molar-refractivity contribution in [2.75, 3.05) is 12.8 Å². The Hall–Kier alpha value is -1.52. The second-order valence-corrected chi connectivity index (χ2v) is 3.83. The topological polar surface area (TPSA) is 75.0 Å². The van der Waals surface area contributed by atoms with Gasteiger partial charge in [0, 0.05) is 13.1 Å². The fourth-order valence-electron chi connectivity index (χ4n) is 1.22. The van der Waals surface area contributed by atoms with E-state index in [1.807, 2.05) is 20.8 Å². The Balaban J connectivity index is 2.96. The molecule has 0 spiro atoms. The number of nitrogens with one attached hydrogen (secondary N) is 1. The van der Waals surface area contributed by atoms with E-state index in [1.165, 1.54) is 0 Å². The first kappa shape index (κ1) is 11.6. The van der Waals surface area contributed by atoms with E-state index in [2.05, 4.69) is 10.2 Å². The Kier molecular flexibility index (Phi) is 3.34. The molecule has 0 radical (unpaired) electrons. The maximum Gasteiger partial charge on any atom is 0.276 e. The van der Waals surface area contributed by atoms with Crippen molar-refractivity contribution in [3.63, 3.8) is 0 Å². The number of nitrogens with two attached hydrogens (primary N) is 1. The van der Waals surface area contributed by atoms with Crippen LogP contribution in [-0.4, -0.2) is 34.1 Å². The fraction of sp³-hybridized carbons (Fsp3) is 0.600. The monoisotopic (exact) mass is 210 g/mol. The highest BCUT2D eigenvalue weighted by Gasteiger charge is 2.21. The predicted molar refractivity (Wildman–Crippen MR) is 59.6 cm³/mol. The molecular weight excluding hydrogens is 192 g/mol. The first-order chi connectivity index (χ1) is 6.99. The number of carbonyl (C=O) groups excluding carboxylic acids is 1. The van der Waals surface area contributed by atoms with Crippen LogP contribution in [0.2, 0.25) is 0 Å². The van der Waals surface area contributed by atoms with Gasteiger partial charge in [0.15, 0.2) is 5.69 Å². The number of amides is 1. The zero-order chi connectivity index (χ0) is 11.6. The van der Waals surface area contributed by atoms with Crippen molar-refractivity contribution in [1.82, 2.24) is 15.1 Å². The van der Waals surface area contributed by atoms with Gasteiger partial charge in [-0.05, 0) is 20.3 Å². The molecule has 0 unspecified atom stereocenters. The van der Waals surface area contributed by atoms with Gasteiger partial charge in [0.1, 0.15) is 0 Å². The van der Waals surface area contributed by atoms with Gasteiger partial charge in [-0.25, -0.2) is 0 Å². The third kappa shape index (κ3) is 2.11. The number of aryl methyl sites for hydroxylation is 1. The van der Waals surface area contributed by atoms with E-state index in [-0.39, 0.29) is 11.9 Å². The highest BCUT2D eigenvalue weighted by Crippen LogP contribution is 2.16. The van der Waals surface area contributed by atoms with Crippen LogP contribution in [0.1, 0.15) is 37.0 Å². The summed E-state index contributed by atoms with van der Waals surface area (Å²) in [6.07, 6.45) is 0.748. The van der Waals surface area contributed by atoms with Crippen molar-refractivity contribution in [3.05, 3.63) is 11.4 Å². The standard InChI is InChI=1S/C10H18N4O/c1-5-7-8(11)9(13-12-7)10(15)14(4)6(2)3/h6H,5,11H2,1-4H3,(H,12,13). The summed E-state index contributed by atoms with van der Waals surface area (Å²) >= 11 is 0. The largest absolute Gasteiger partial charge is 0.395 e. The second kappa shape index (κ2) is 4.33. The summed E-state index contributed by atoms with van der Waals surface area (Å²) in [4.78, 5) is 13.5.